The zero-order chi connectivity index (χ0) is 25.9. The van der Waals surface area contributed by atoms with Gasteiger partial charge in [0.25, 0.3) is 11.5 Å². The lowest BCUT2D eigenvalue weighted by Gasteiger charge is -2.36. The fourth-order valence-corrected chi connectivity index (χ4v) is 4.63. The number of hydrogen-bond donors (Lipinski definition) is 1. The Morgan fingerprint density at radius 1 is 1.19 bits per heavy atom. The zero-order valence-electron chi connectivity index (χ0n) is 20.9. The number of fused-ring (bicyclic) bond motifs is 2. The molecule has 1 N–H and O–H groups in total. The van der Waals surface area contributed by atoms with Gasteiger partial charge in [0.05, 0.1) is 5.56 Å². The molecule has 4 heterocycles. The van der Waals surface area contributed by atoms with Crippen LogP contribution >= 0.6 is 0 Å². The average Bonchev–Trinajstić information content (AvgIpc) is 3.37. The fraction of sp³-hybridized carbons (Fsp3) is 0.333. The van der Waals surface area contributed by atoms with Crippen molar-refractivity contribution in [1.29, 1.82) is 5.26 Å². The minimum atomic E-state index is -0.516. The van der Waals surface area contributed by atoms with Gasteiger partial charge in [0, 0.05) is 45.5 Å². The van der Waals surface area contributed by atoms with Gasteiger partial charge in [-0.15, -0.1) is 0 Å². The lowest BCUT2D eigenvalue weighted by molar-refractivity contribution is -0.116. The van der Waals surface area contributed by atoms with E-state index in [9.17, 15) is 14.9 Å². The van der Waals surface area contributed by atoms with Crippen molar-refractivity contribution in [3.05, 3.63) is 69.1 Å². The number of aromatic nitrogens is 2. The molecule has 0 radical (unpaired) electrons. The maximum atomic E-state index is 13.6. The van der Waals surface area contributed by atoms with E-state index >= 15 is 0 Å². The van der Waals surface area contributed by atoms with E-state index in [0.29, 0.717) is 31.1 Å². The van der Waals surface area contributed by atoms with Crippen molar-refractivity contribution in [3.8, 4) is 17.6 Å². The van der Waals surface area contributed by atoms with Crippen molar-refractivity contribution in [2.75, 3.05) is 44.4 Å². The summed E-state index contributed by atoms with van der Waals surface area (Å²) in [6.07, 6.45) is 3.02. The largest absolute Gasteiger partial charge is 0.454 e. The average molecular weight is 501 g/mol. The quantitative estimate of drug-likeness (QED) is 0.405. The minimum Gasteiger partial charge on any atom is -0.454 e. The molecule has 0 spiro atoms. The lowest BCUT2D eigenvalue weighted by atomic mass is 10.1. The fourth-order valence-electron chi connectivity index (χ4n) is 4.63. The first kappa shape index (κ1) is 24.3. The van der Waals surface area contributed by atoms with Crippen LogP contribution in [0.1, 0.15) is 23.6 Å². The Hall–Kier alpha value is -4.36. The Morgan fingerprint density at radius 3 is 2.73 bits per heavy atom. The van der Waals surface area contributed by atoms with E-state index in [2.05, 4.69) is 15.1 Å². The molecule has 10 nitrogen and oxygen atoms in total. The second-order valence-electron chi connectivity index (χ2n) is 9.02. The summed E-state index contributed by atoms with van der Waals surface area (Å²) in [5, 5.41) is 12.3. The van der Waals surface area contributed by atoms with E-state index < -0.39 is 5.91 Å². The summed E-state index contributed by atoms with van der Waals surface area (Å²) in [5.41, 5.74) is 2.34. The number of amides is 1. The molecule has 1 aromatic carbocycles. The monoisotopic (exact) mass is 500 g/mol. The molecule has 3 aromatic rings. The number of nitrogens with one attached hydrogen (secondary N) is 1. The number of pyridine rings is 1. The number of likely N-dealkylation sites (N-methyl/N-ethyl adjacent to an activating group) is 1. The van der Waals surface area contributed by atoms with Gasteiger partial charge < -0.3 is 19.7 Å². The summed E-state index contributed by atoms with van der Waals surface area (Å²) in [7, 11) is 0. The van der Waals surface area contributed by atoms with Gasteiger partial charge >= 0.3 is 0 Å². The third-order valence-electron chi connectivity index (χ3n) is 6.57. The highest BCUT2D eigenvalue weighted by molar-refractivity contribution is 6.02. The van der Waals surface area contributed by atoms with Gasteiger partial charge in [-0.05, 0) is 49.2 Å². The lowest BCUT2D eigenvalue weighted by Crippen LogP contribution is -2.47. The molecule has 190 valence electrons. The van der Waals surface area contributed by atoms with Gasteiger partial charge in [-0.25, -0.2) is 4.98 Å². The highest BCUT2D eigenvalue weighted by Gasteiger charge is 2.24. The highest BCUT2D eigenvalue weighted by Crippen LogP contribution is 2.33. The SMILES string of the molecule is CCNC(=O)C(C#N)=Cc1c(N2CCN(Cc3ccc4c(c3)OCO4)CC2)nc2c(C)cccn2c1=O. The van der Waals surface area contributed by atoms with Crippen molar-refractivity contribution in [2.45, 2.75) is 20.4 Å². The molecule has 1 amide bonds. The molecule has 0 saturated carbocycles. The molecular weight excluding hydrogens is 472 g/mol. The van der Waals surface area contributed by atoms with E-state index in [1.165, 1.54) is 10.5 Å². The van der Waals surface area contributed by atoms with Gasteiger partial charge in [0.2, 0.25) is 6.79 Å². The van der Waals surface area contributed by atoms with Gasteiger partial charge in [0.15, 0.2) is 11.5 Å². The number of hydrogen-bond acceptors (Lipinski definition) is 8. The molecule has 0 bridgehead atoms. The Kier molecular flexibility index (Phi) is 6.79. The van der Waals surface area contributed by atoms with Crippen LogP contribution in [0.3, 0.4) is 0 Å². The van der Waals surface area contributed by atoms with Gasteiger partial charge in [-0.3, -0.25) is 18.9 Å². The standard InChI is InChI=1S/C27H28N6O4/c1-3-29-26(34)20(15-28)14-21-25(30-24-18(2)5-4-8-33(24)27(21)35)32-11-9-31(10-12-32)16-19-6-7-22-23(13-19)37-17-36-22/h4-8,13-14H,3,9-12,16-17H2,1-2H3,(H,29,34). The number of aryl methyl sites for hydroxylation is 1. The number of carbonyl (C=O) groups is 1. The van der Waals surface area contributed by atoms with Crippen LogP contribution in [0.2, 0.25) is 0 Å². The first-order chi connectivity index (χ1) is 18.0. The van der Waals surface area contributed by atoms with Crippen LogP contribution in [0.15, 0.2) is 46.9 Å². The zero-order valence-corrected chi connectivity index (χ0v) is 20.9. The number of carbonyl (C=O) groups excluding carboxylic acids is 1. The summed E-state index contributed by atoms with van der Waals surface area (Å²) in [6.45, 7) is 7.87. The molecule has 0 aliphatic carbocycles. The van der Waals surface area contributed by atoms with Crippen LogP contribution in [0.25, 0.3) is 11.7 Å². The number of piperazine rings is 1. The molecule has 2 aliphatic rings. The molecule has 2 aliphatic heterocycles. The Labute approximate surface area is 214 Å². The predicted molar refractivity (Wildman–Crippen MR) is 139 cm³/mol. The van der Waals surface area contributed by atoms with Crippen LogP contribution in [0.5, 0.6) is 11.5 Å². The molecule has 1 fully saturated rings. The minimum absolute atomic E-state index is 0.129. The first-order valence-electron chi connectivity index (χ1n) is 12.3. The molecule has 10 heteroatoms. The summed E-state index contributed by atoms with van der Waals surface area (Å²) in [6, 6.07) is 11.6. The molecule has 2 aromatic heterocycles. The Balaban J connectivity index is 1.44. The number of benzene rings is 1. The molecule has 37 heavy (non-hydrogen) atoms. The number of nitrogens with zero attached hydrogens (tertiary/aromatic N) is 5. The van der Waals surface area contributed by atoms with Crippen molar-refractivity contribution in [1.82, 2.24) is 19.6 Å². The van der Waals surface area contributed by atoms with Crippen LogP contribution in [0.4, 0.5) is 5.82 Å². The summed E-state index contributed by atoms with van der Waals surface area (Å²) in [4.78, 5) is 35.2. The van der Waals surface area contributed by atoms with Crippen molar-refractivity contribution in [3.63, 3.8) is 0 Å². The van der Waals surface area contributed by atoms with E-state index in [4.69, 9.17) is 14.5 Å². The number of anilines is 1. The smallest absolute Gasteiger partial charge is 0.267 e. The number of rotatable bonds is 6. The second kappa shape index (κ2) is 10.3. The molecule has 1 saturated heterocycles. The van der Waals surface area contributed by atoms with Gasteiger partial charge in [-0.1, -0.05) is 12.1 Å². The van der Waals surface area contributed by atoms with E-state index in [1.807, 2.05) is 37.3 Å². The van der Waals surface area contributed by atoms with Crippen molar-refractivity contribution < 1.29 is 14.3 Å². The molecule has 0 atom stereocenters. The highest BCUT2D eigenvalue weighted by atomic mass is 16.7. The molecular formula is C27H28N6O4. The second-order valence-corrected chi connectivity index (χ2v) is 9.02. The number of nitriles is 1. The van der Waals surface area contributed by atoms with Crippen LogP contribution in [0, 0.1) is 18.3 Å². The third-order valence-corrected chi connectivity index (χ3v) is 6.57. The molecule has 0 unspecified atom stereocenters. The molecule has 5 rings (SSSR count). The van der Waals surface area contributed by atoms with Crippen molar-refractivity contribution in [2.24, 2.45) is 0 Å². The van der Waals surface area contributed by atoms with E-state index in [0.717, 1.165) is 42.3 Å². The number of ether oxygens (including phenoxy) is 2. The van der Waals surface area contributed by atoms with Crippen LogP contribution in [-0.2, 0) is 11.3 Å². The van der Waals surface area contributed by atoms with Crippen molar-refractivity contribution >= 4 is 23.4 Å². The van der Waals surface area contributed by atoms with E-state index in [1.54, 1.807) is 19.2 Å². The Morgan fingerprint density at radius 2 is 1.97 bits per heavy atom. The maximum absolute atomic E-state index is 13.6. The van der Waals surface area contributed by atoms with Crippen LogP contribution < -0.4 is 25.2 Å². The predicted octanol–water partition coefficient (Wildman–Crippen LogP) is 2.10. The normalized spacial score (nSPS) is 15.6. The van der Waals surface area contributed by atoms with E-state index in [-0.39, 0.29) is 23.5 Å². The summed E-state index contributed by atoms with van der Waals surface area (Å²) < 4.78 is 12.4. The van der Waals surface area contributed by atoms with Gasteiger partial charge in [-0.2, -0.15) is 5.26 Å². The Bertz CT molecular complexity index is 1480. The van der Waals surface area contributed by atoms with Gasteiger partial charge in [0.1, 0.15) is 23.1 Å². The third kappa shape index (κ3) is 4.86. The topological polar surface area (TPSA) is 112 Å². The summed E-state index contributed by atoms with van der Waals surface area (Å²) in [5.74, 6) is 1.50. The summed E-state index contributed by atoms with van der Waals surface area (Å²) >= 11 is 0. The maximum Gasteiger partial charge on any atom is 0.267 e. The first-order valence-corrected chi connectivity index (χ1v) is 12.3. The van der Waals surface area contributed by atoms with Crippen LogP contribution in [-0.4, -0.2) is 59.7 Å².